The summed E-state index contributed by atoms with van der Waals surface area (Å²) in [7, 11) is 0. The number of carbonyl (C=O) groups excluding carboxylic acids is 1. The quantitative estimate of drug-likeness (QED) is 0.617. The highest BCUT2D eigenvalue weighted by atomic mass is 32.2. The standard InChI is InChI=1S/C16H15F3N2OS/c17-16(18,19)13-8-4-9-14(20-13)21-15(22)10-5-11-23-12-6-2-1-3-7-12/h1-4,6-9H,5,10-11H2,(H,20,21,22). The molecule has 1 aromatic carbocycles. The lowest BCUT2D eigenvalue weighted by atomic mass is 10.3. The highest BCUT2D eigenvalue weighted by Gasteiger charge is 2.32. The first kappa shape index (κ1) is 17.3. The van der Waals surface area contributed by atoms with E-state index < -0.39 is 11.9 Å². The number of thioether (sulfide) groups is 1. The Balaban J connectivity index is 1.77. The zero-order chi connectivity index (χ0) is 16.7. The van der Waals surface area contributed by atoms with Gasteiger partial charge < -0.3 is 5.32 Å². The average Bonchev–Trinajstić information content (AvgIpc) is 2.52. The van der Waals surface area contributed by atoms with Crippen molar-refractivity contribution in [1.82, 2.24) is 4.98 Å². The molecule has 0 saturated heterocycles. The summed E-state index contributed by atoms with van der Waals surface area (Å²) in [4.78, 5) is 16.3. The van der Waals surface area contributed by atoms with Crippen LogP contribution in [0.1, 0.15) is 18.5 Å². The van der Waals surface area contributed by atoms with Gasteiger partial charge in [0.05, 0.1) is 0 Å². The average molecular weight is 340 g/mol. The molecule has 7 heteroatoms. The molecule has 2 aromatic rings. The molecule has 0 saturated carbocycles. The van der Waals surface area contributed by atoms with Crippen molar-refractivity contribution in [2.75, 3.05) is 11.1 Å². The van der Waals surface area contributed by atoms with Crippen molar-refractivity contribution in [3.8, 4) is 0 Å². The van der Waals surface area contributed by atoms with Crippen molar-refractivity contribution >= 4 is 23.5 Å². The minimum absolute atomic E-state index is 0.0828. The van der Waals surface area contributed by atoms with Crippen molar-refractivity contribution in [3.63, 3.8) is 0 Å². The third kappa shape index (κ3) is 5.94. The van der Waals surface area contributed by atoms with Crippen LogP contribution in [0.15, 0.2) is 53.4 Å². The van der Waals surface area contributed by atoms with Crippen LogP contribution >= 0.6 is 11.8 Å². The van der Waals surface area contributed by atoms with Crippen molar-refractivity contribution in [2.24, 2.45) is 0 Å². The Morgan fingerprint density at radius 2 is 1.83 bits per heavy atom. The second kappa shape index (κ2) is 8.01. The number of pyridine rings is 1. The number of hydrogen-bond donors (Lipinski definition) is 1. The van der Waals surface area contributed by atoms with Crippen LogP contribution in [0.25, 0.3) is 0 Å². The van der Waals surface area contributed by atoms with E-state index >= 15 is 0 Å². The smallest absolute Gasteiger partial charge is 0.311 e. The van der Waals surface area contributed by atoms with E-state index in [2.05, 4.69) is 10.3 Å². The topological polar surface area (TPSA) is 42.0 Å². The molecule has 0 aliphatic rings. The summed E-state index contributed by atoms with van der Waals surface area (Å²) < 4.78 is 37.6. The molecule has 1 aromatic heterocycles. The molecule has 0 bridgehead atoms. The number of benzene rings is 1. The molecular weight excluding hydrogens is 325 g/mol. The Bertz CT molecular complexity index is 647. The SMILES string of the molecule is O=C(CCCSc1ccccc1)Nc1cccc(C(F)(F)F)n1. The van der Waals surface area contributed by atoms with Crippen LogP contribution in [0, 0.1) is 0 Å². The molecule has 1 heterocycles. The third-order valence-corrected chi connectivity index (χ3v) is 3.97. The van der Waals surface area contributed by atoms with Crippen molar-refractivity contribution in [3.05, 3.63) is 54.2 Å². The lowest BCUT2D eigenvalue weighted by Gasteiger charge is -2.08. The molecule has 0 radical (unpaired) electrons. The van der Waals surface area contributed by atoms with E-state index in [0.29, 0.717) is 6.42 Å². The molecule has 2 rings (SSSR count). The van der Waals surface area contributed by atoms with Gasteiger partial charge in [0, 0.05) is 11.3 Å². The van der Waals surface area contributed by atoms with Gasteiger partial charge >= 0.3 is 6.18 Å². The van der Waals surface area contributed by atoms with E-state index in [1.54, 1.807) is 11.8 Å². The molecule has 0 aliphatic heterocycles. The molecule has 1 amide bonds. The number of carbonyl (C=O) groups is 1. The van der Waals surface area contributed by atoms with E-state index in [-0.39, 0.29) is 18.1 Å². The Hall–Kier alpha value is -2.02. The van der Waals surface area contributed by atoms with Gasteiger partial charge in [-0.2, -0.15) is 13.2 Å². The molecule has 3 nitrogen and oxygen atoms in total. The van der Waals surface area contributed by atoms with Crippen LogP contribution in [0.4, 0.5) is 19.0 Å². The number of alkyl halides is 3. The predicted molar refractivity (Wildman–Crippen MR) is 84.3 cm³/mol. The van der Waals surface area contributed by atoms with E-state index in [9.17, 15) is 18.0 Å². The van der Waals surface area contributed by atoms with Crippen LogP contribution in [-0.4, -0.2) is 16.6 Å². The maximum Gasteiger partial charge on any atom is 0.433 e. The monoisotopic (exact) mass is 340 g/mol. The molecule has 122 valence electrons. The van der Waals surface area contributed by atoms with Gasteiger partial charge in [-0.25, -0.2) is 4.98 Å². The maximum atomic E-state index is 12.5. The largest absolute Gasteiger partial charge is 0.433 e. The zero-order valence-corrected chi connectivity index (χ0v) is 13.0. The van der Waals surface area contributed by atoms with E-state index in [0.717, 1.165) is 16.7 Å². The molecule has 0 spiro atoms. The fourth-order valence-electron chi connectivity index (χ4n) is 1.81. The van der Waals surface area contributed by atoms with Crippen molar-refractivity contribution in [2.45, 2.75) is 23.9 Å². The number of rotatable bonds is 6. The molecule has 1 N–H and O–H groups in total. The second-order valence-corrected chi connectivity index (χ2v) is 5.89. The predicted octanol–water partition coefficient (Wildman–Crippen LogP) is 4.61. The number of amides is 1. The highest BCUT2D eigenvalue weighted by molar-refractivity contribution is 7.99. The Morgan fingerprint density at radius 3 is 2.52 bits per heavy atom. The molecule has 0 aliphatic carbocycles. The number of nitrogens with zero attached hydrogens (tertiary/aromatic N) is 1. The number of halogens is 3. The van der Waals surface area contributed by atoms with Crippen LogP contribution in [-0.2, 0) is 11.0 Å². The fraction of sp³-hybridized carbons (Fsp3) is 0.250. The van der Waals surface area contributed by atoms with Crippen molar-refractivity contribution in [1.29, 1.82) is 0 Å². The normalized spacial score (nSPS) is 11.3. The van der Waals surface area contributed by atoms with E-state index in [1.165, 1.54) is 12.1 Å². The summed E-state index contributed by atoms with van der Waals surface area (Å²) in [6.45, 7) is 0. The van der Waals surface area contributed by atoms with Crippen LogP contribution < -0.4 is 5.32 Å². The number of anilines is 1. The third-order valence-electron chi connectivity index (χ3n) is 2.87. The summed E-state index contributed by atoms with van der Waals surface area (Å²) in [6.07, 6.45) is -3.66. The van der Waals surface area contributed by atoms with Crippen molar-refractivity contribution < 1.29 is 18.0 Å². The van der Waals surface area contributed by atoms with Gasteiger partial charge in [0.15, 0.2) is 0 Å². The lowest BCUT2D eigenvalue weighted by Crippen LogP contribution is -2.15. The fourth-order valence-corrected chi connectivity index (χ4v) is 2.68. The lowest BCUT2D eigenvalue weighted by molar-refractivity contribution is -0.141. The van der Waals surface area contributed by atoms with E-state index in [4.69, 9.17) is 0 Å². The maximum absolute atomic E-state index is 12.5. The summed E-state index contributed by atoms with van der Waals surface area (Å²) in [6, 6.07) is 13.2. The van der Waals surface area contributed by atoms with Gasteiger partial charge in [-0.1, -0.05) is 24.3 Å². The first-order valence-electron chi connectivity index (χ1n) is 6.97. The molecule has 0 fully saturated rings. The Kier molecular flexibility index (Phi) is 6.04. The summed E-state index contributed by atoms with van der Waals surface area (Å²) >= 11 is 1.63. The molecular formula is C16H15F3N2OS. The zero-order valence-electron chi connectivity index (χ0n) is 12.1. The van der Waals surface area contributed by atoms with Gasteiger partial charge in [-0.05, 0) is 36.4 Å². The Labute approximate surface area is 136 Å². The highest BCUT2D eigenvalue weighted by Crippen LogP contribution is 2.28. The van der Waals surface area contributed by atoms with Crippen LogP contribution in [0.5, 0.6) is 0 Å². The van der Waals surface area contributed by atoms with Crippen LogP contribution in [0.2, 0.25) is 0 Å². The van der Waals surface area contributed by atoms with Gasteiger partial charge in [-0.15, -0.1) is 11.8 Å². The first-order chi connectivity index (χ1) is 10.9. The first-order valence-corrected chi connectivity index (χ1v) is 7.95. The van der Waals surface area contributed by atoms with Gasteiger partial charge in [-0.3, -0.25) is 4.79 Å². The van der Waals surface area contributed by atoms with E-state index in [1.807, 2.05) is 30.3 Å². The minimum Gasteiger partial charge on any atom is -0.311 e. The van der Waals surface area contributed by atoms with Crippen LogP contribution in [0.3, 0.4) is 0 Å². The summed E-state index contributed by atoms with van der Waals surface area (Å²) in [5.74, 6) is 0.332. The second-order valence-electron chi connectivity index (χ2n) is 4.72. The summed E-state index contributed by atoms with van der Waals surface area (Å²) in [5.41, 5.74) is -1.02. The summed E-state index contributed by atoms with van der Waals surface area (Å²) in [5, 5.41) is 2.39. The number of aromatic nitrogens is 1. The number of hydrogen-bond acceptors (Lipinski definition) is 3. The molecule has 0 atom stereocenters. The minimum atomic E-state index is -4.52. The molecule has 0 unspecified atom stereocenters. The molecule has 23 heavy (non-hydrogen) atoms. The van der Waals surface area contributed by atoms with Gasteiger partial charge in [0.25, 0.3) is 0 Å². The van der Waals surface area contributed by atoms with Gasteiger partial charge in [0.1, 0.15) is 11.5 Å². The Morgan fingerprint density at radius 1 is 1.09 bits per heavy atom. The number of nitrogens with one attached hydrogen (secondary N) is 1. The van der Waals surface area contributed by atoms with Gasteiger partial charge in [0.2, 0.25) is 5.91 Å².